The summed E-state index contributed by atoms with van der Waals surface area (Å²) in [5.74, 6) is -5.82. The van der Waals surface area contributed by atoms with Gasteiger partial charge in [0.15, 0.2) is 11.4 Å². The zero-order valence-corrected chi connectivity index (χ0v) is 23.4. The third kappa shape index (κ3) is 3.26. The number of phenolic OH excluding ortho intramolecular Hbond substituents is 1. The van der Waals surface area contributed by atoms with E-state index < -0.39 is 58.0 Å². The number of allylic oxidation sites excluding steroid dienone is 1. The third-order valence-electron chi connectivity index (χ3n) is 9.95. The van der Waals surface area contributed by atoms with Gasteiger partial charge >= 0.3 is 0 Å². The Kier molecular flexibility index (Phi) is 5.88. The number of aliphatic hydroxyl groups excluding tert-OH is 2. The number of likely N-dealkylation sites (N-methyl/N-ethyl adjacent to an activating group) is 1. The lowest BCUT2D eigenvalue weighted by Crippen LogP contribution is -2.57. The molecule has 11 heteroatoms. The first kappa shape index (κ1) is 27.1. The average Bonchev–Trinajstić information content (AvgIpc) is 3.39. The Morgan fingerprint density at radius 2 is 1.88 bits per heavy atom. The van der Waals surface area contributed by atoms with Crippen molar-refractivity contribution in [3.63, 3.8) is 0 Å². The molecule has 6 N–H and O–H groups in total. The smallest absolute Gasteiger partial charge is 0.253 e. The van der Waals surface area contributed by atoms with Gasteiger partial charge in [0.25, 0.3) is 5.91 Å². The van der Waals surface area contributed by atoms with E-state index in [0.717, 1.165) is 18.4 Å². The average molecular weight is 556 g/mol. The molecule has 6 rings (SSSR count). The maximum atomic E-state index is 14.0. The molecule has 5 aliphatic rings. The van der Waals surface area contributed by atoms with Gasteiger partial charge in [-0.1, -0.05) is 0 Å². The minimum atomic E-state index is -2.37. The number of carbonyl (C=O) groups excluding carboxylic acids is 2. The van der Waals surface area contributed by atoms with Crippen molar-refractivity contribution >= 4 is 11.7 Å². The molecule has 0 saturated carbocycles. The molecule has 0 bridgehead atoms. The Morgan fingerprint density at radius 1 is 1.23 bits per heavy atom. The molecule has 216 valence electrons. The van der Waals surface area contributed by atoms with Crippen molar-refractivity contribution in [2.24, 2.45) is 17.6 Å². The zero-order chi connectivity index (χ0) is 29.0. The molecule has 1 spiro atoms. The van der Waals surface area contributed by atoms with Crippen LogP contribution in [0.2, 0.25) is 0 Å². The Balaban J connectivity index is 1.48. The number of amides is 1. The Bertz CT molecular complexity index is 1390. The van der Waals surface area contributed by atoms with Crippen LogP contribution in [0.4, 0.5) is 0 Å². The normalized spacial score (nSPS) is 36.8. The van der Waals surface area contributed by atoms with Gasteiger partial charge in [0.05, 0.1) is 18.7 Å². The van der Waals surface area contributed by atoms with Gasteiger partial charge in [-0.25, -0.2) is 0 Å². The topological polar surface area (TPSA) is 169 Å². The molecule has 3 aliphatic carbocycles. The summed E-state index contributed by atoms with van der Waals surface area (Å²) in [6.07, 6.45) is 2.70. The summed E-state index contributed by atoms with van der Waals surface area (Å²) in [4.78, 5) is 30.3. The van der Waals surface area contributed by atoms with E-state index in [0.29, 0.717) is 29.9 Å². The summed E-state index contributed by atoms with van der Waals surface area (Å²) >= 11 is 0. The van der Waals surface area contributed by atoms with Gasteiger partial charge in [0, 0.05) is 41.2 Å². The Morgan fingerprint density at radius 3 is 2.45 bits per heavy atom. The highest BCUT2D eigenvalue weighted by atomic mass is 16.8. The summed E-state index contributed by atoms with van der Waals surface area (Å²) < 4.78 is 11.6. The molecule has 1 amide bonds. The van der Waals surface area contributed by atoms with E-state index in [4.69, 9.17) is 15.2 Å². The number of likely N-dealkylation sites (tertiary alicyclic amines) is 1. The molecule has 2 aliphatic heterocycles. The predicted molar refractivity (Wildman–Crippen MR) is 143 cm³/mol. The molecule has 0 aromatic heterocycles. The van der Waals surface area contributed by atoms with E-state index in [1.165, 1.54) is 0 Å². The van der Waals surface area contributed by atoms with Crippen molar-refractivity contribution in [2.45, 2.75) is 75.6 Å². The number of nitrogens with zero attached hydrogens (tertiary/aromatic N) is 2. The fraction of sp³-hybridized carbons (Fsp3) is 0.586. The van der Waals surface area contributed by atoms with E-state index in [9.17, 15) is 30.0 Å². The van der Waals surface area contributed by atoms with Crippen LogP contribution in [0, 0.1) is 11.8 Å². The van der Waals surface area contributed by atoms with Crippen LogP contribution in [0.25, 0.3) is 0 Å². The number of nitrogens with two attached hydrogens (primary N) is 1. The maximum Gasteiger partial charge on any atom is 0.253 e. The lowest BCUT2D eigenvalue weighted by molar-refractivity contribution is -0.117. The molecule has 11 nitrogen and oxygen atoms in total. The third-order valence-corrected chi connectivity index (χ3v) is 9.95. The number of aromatic hydroxyl groups is 1. The van der Waals surface area contributed by atoms with Gasteiger partial charge in [0.1, 0.15) is 28.6 Å². The van der Waals surface area contributed by atoms with E-state index in [1.807, 2.05) is 0 Å². The lowest BCUT2D eigenvalue weighted by atomic mass is 9.60. The second kappa shape index (κ2) is 8.69. The van der Waals surface area contributed by atoms with Gasteiger partial charge in [-0.2, -0.15) is 0 Å². The first-order valence-corrected chi connectivity index (χ1v) is 13.8. The molecular formula is C29H37N3O8. The van der Waals surface area contributed by atoms with Gasteiger partial charge in [-0.3, -0.25) is 19.4 Å². The molecule has 2 fully saturated rings. The van der Waals surface area contributed by atoms with Crippen LogP contribution >= 0.6 is 0 Å². The number of rotatable bonds is 5. The largest absolute Gasteiger partial charge is 0.510 e. The number of ether oxygens (including phenoxy) is 2. The van der Waals surface area contributed by atoms with Gasteiger partial charge in [0.2, 0.25) is 5.79 Å². The van der Waals surface area contributed by atoms with Crippen molar-refractivity contribution in [1.29, 1.82) is 0 Å². The number of epoxide rings is 1. The Hall–Kier alpha value is -3.12. The van der Waals surface area contributed by atoms with E-state index in [-0.39, 0.29) is 29.7 Å². The first-order chi connectivity index (χ1) is 18.8. The van der Waals surface area contributed by atoms with Crippen LogP contribution in [-0.2, 0) is 22.5 Å². The molecule has 2 saturated heterocycles. The van der Waals surface area contributed by atoms with Gasteiger partial charge in [-0.15, -0.1) is 0 Å². The molecule has 1 aromatic rings. The highest BCUT2D eigenvalue weighted by Gasteiger charge is 2.84. The second-order valence-electron chi connectivity index (χ2n) is 12.2. The maximum absolute atomic E-state index is 14.0. The Labute approximate surface area is 232 Å². The summed E-state index contributed by atoms with van der Waals surface area (Å²) in [7, 11) is 4.95. The van der Waals surface area contributed by atoms with Crippen LogP contribution in [0.1, 0.15) is 54.6 Å². The molecular weight excluding hydrogens is 518 g/mol. The molecule has 7 atom stereocenters. The molecule has 0 radical (unpaired) electrons. The van der Waals surface area contributed by atoms with Crippen molar-refractivity contribution in [3.8, 4) is 11.5 Å². The fourth-order valence-electron chi connectivity index (χ4n) is 8.10. The number of benzene rings is 1. The van der Waals surface area contributed by atoms with Gasteiger partial charge < -0.3 is 35.6 Å². The molecule has 1 unspecified atom stereocenters. The first-order valence-electron chi connectivity index (χ1n) is 13.8. The van der Waals surface area contributed by atoms with Crippen molar-refractivity contribution < 1.29 is 39.5 Å². The number of phenols is 1. The highest BCUT2D eigenvalue weighted by Crippen LogP contribution is 2.68. The number of fused-ring (bicyclic) bond motifs is 2. The zero-order valence-electron chi connectivity index (χ0n) is 23.4. The van der Waals surface area contributed by atoms with Crippen LogP contribution in [0.3, 0.4) is 0 Å². The number of hydrogen-bond donors (Lipinski definition) is 5. The standard InChI is InChI=1S/C29H37N3O8/c1-12-6-7-13(2)32(12)11-15-10-18(33)20-16(25(15)39-5)8-14-9-17-22(31(3)4)24(35)21(27(30)37)29(38)28(17,40-29)26(36)19(14)23(20)34/h10,12-14,17,22,33,35-36,38H,6-9,11H2,1-5H3,(H2,30,37)/t12-,13-,14+,17+,22+,28+,29?/m1/s1. The minimum absolute atomic E-state index is 0.0225. The summed E-state index contributed by atoms with van der Waals surface area (Å²) in [6, 6.07) is 1.50. The second-order valence-corrected chi connectivity index (χ2v) is 12.2. The number of carbonyl (C=O) groups is 2. The SMILES string of the molecule is COc1c(CN2[C@H](C)CC[C@H]2C)cc(O)c2c1C[C@H]1C[C@H]3[C@H](N(C)C)C(O)=C(C(N)=O)C4(O)O[C@]34C(O)=C1C2=O. The summed E-state index contributed by atoms with van der Waals surface area (Å²) in [5, 5.41) is 45.2. The van der Waals surface area contributed by atoms with Crippen molar-refractivity contribution in [1.82, 2.24) is 9.80 Å². The number of aliphatic hydroxyl groups is 3. The molecule has 1 aromatic carbocycles. The van der Waals surface area contributed by atoms with Gasteiger partial charge in [-0.05, 0) is 65.6 Å². The minimum Gasteiger partial charge on any atom is -0.510 e. The quantitative estimate of drug-likeness (QED) is 0.337. The lowest BCUT2D eigenvalue weighted by Gasteiger charge is -2.46. The number of primary amides is 1. The fourth-order valence-corrected chi connectivity index (χ4v) is 8.10. The predicted octanol–water partition coefficient (Wildman–Crippen LogP) is 1.66. The number of ketones is 1. The number of hydrogen-bond acceptors (Lipinski definition) is 10. The van der Waals surface area contributed by atoms with Crippen molar-refractivity contribution in [2.75, 3.05) is 21.2 Å². The summed E-state index contributed by atoms with van der Waals surface area (Å²) in [5.41, 5.74) is 4.59. The number of Topliss-reactive ketones (excluding diaryl/α,β-unsaturated/α-hetero) is 1. The number of methoxy groups -OCH3 is 1. The molecule has 2 heterocycles. The van der Waals surface area contributed by atoms with Crippen LogP contribution < -0.4 is 10.5 Å². The van der Waals surface area contributed by atoms with Crippen LogP contribution in [0.5, 0.6) is 11.5 Å². The van der Waals surface area contributed by atoms with E-state index >= 15 is 0 Å². The molecule has 40 heavy (non-hydrogen) atoms. The van der Waals surface area contributed by atoms with Crippen LogP contribution in [-0.4, -0.2) is 92.6 Å². The van der Waals surface area contributed by atoms with E-state index in [1.54, 1.807) is 32.2 Å². The monoisotopic (exact) mass is 555 g/mol. The van der Waals surface area contributed by atoms with E-state index in [2.05, 4.69) is 18.7 Å². The summed E-state index contributed by atoms with van der Waals surface area (Å²) in [6.45, 7) is 4.91. The van der Waals surface area contributed by atoms with Crippen molar-refractivity contribution in [3.05, 3.63) is 45.4 Å². The van der Waals surface area contributed by atoms with Crippen LogP contribution in [0.15, 0.2) is 28.7 Å². The highest BCUT2D eigenvalue weighted by molar-refractivity contribution is 6.14.